The zero-order valence-electron chi connectivity index (χ0n) is 8.93. The number of hydrogen-bond donors (Lipinski definition) is 1. The molecule has 13 heavy (non-hydrogen) atoms. The SMILES string of the molecule is COCCCC(=O)NCCC(C)C. The smallest absolute Gasteiger partial charge is 0.220 e. The van der Waals surface area contributed by atoms with E-state index < -0.39 is 0 Å². The fraction of sp³-hybridized carbons (Fsp3) is 0.900. The molecule has 0 spiro atoms. The van der Waals surface area contributed by atoms with Crippen LogP contribution in [-0.4, -0.2) is 26.2 Å². The molecule has 3 nitrogen and oxygen atoms in total. The monoisotopic (exact) mass is 187 g/mol. The molecule has 0 aromatic heterocycles. The highest BCUT2D eigenvalue weighted by Crippen LogP contribution is 1.97. The zero-order valence-corrected chi connectivity index (χ0v) is 8.93. The number of ether oxygens (including phenoxy) is 1. The molecular weight excluding hydrogens is 166 g/mol. The van der Waals surface area contributed by atoms with Crippen LogP contribution in [0.25, 0.3) is 0 Å². The lowest BCUT2D eigenvalue weighted by atomic mass is 10.1. The van der Waals surface area contributed by atoms with E-state index in [1.807, 2.05) is 0 Å². The van der Waals surface area contributed by atoms with E-state index in [0.29, 0.717) is 18.9 Å². The maximum Gasteiger partial charge on any atom is 0.220 e. The van der Waals surface area contributed by atoms with E-state index in [9.17, 15) is 4.79 Å². The summed E-state index contributed by atoms with van der Waals surface area (Å²) in [6.45, 7) is 5.76. The van der Waals surface area contributed by atoms with Crippen molar-refractivity contribution >= 4 is 5.91 Å². The first-order valence-corrected chi connectivity index (χ1v) is 4.92. The van der Waals surface area contributed by atoms with E-state index in [4.69, 9.17) is 4.74 Å². The van der Waals surface area contributed by atoms with Gasteiger partial charge in [-0.1, -0.05) is 13.8 Å². The summed E-state index contributed by atoms with van der Waals surface area (Å²) in [6.07, 6.45) is 2.44. The Balaban J connectivity index is 3.20. The molecule has 0 aromatic rings. The second-order valence-electron chi connectivity index (χ2n) is 3.63. The zero-order chi connectivity index (χ0) is 10.1. The highest BCUT2D eigenvalue weighted by atomic mass is 16.5. The molecule has 0 unspecified atom stereocenters. The predicted molar refractivity (Wildman–Crippen MR) is 53.6 cm³/mol. The Labute approximate surface area is 80.8 Å². The average molecular weight is 187 g/mol. The van der Waals surface area contributed by atoms with Gasteiger partial charge in [-0.15, -0.1) is 0 Å². The molecule has 0 saturated heterocycles. The first-order valence-electron chi connectivity index (χ1n) is 4.92. The minimum atomic E-state index is 0.137. The average Bonchev–Trinajstić information content (AvgIpc) is 2.04. The Bertz CT molecular complexity index is 135. The summed E-state index contributed by atoms with van der Waals surface area (Å²) in [4.78, 5) is 11.1. The Hall–Kier alpha value is -0.570. The summed E-state index contributed by atoms with van der Waals surface area (Å²) in [5.41, 5.74) is 0. The third-order valence-electron chi connectivity index (χ3n) is 1.80. The van der Waals surface area contributed by atoms with E-state index in [0.717, 1.165) is 19.4 Å². The van der Waals surface area contributed by atoms with Gasteiger partial charge >= 0.3 is 0 Å². The number of carbonyl (C=O) groups is 1. The van der Waals surface area contributed by atoms with Crippen LogP contribution >= 0.6 is 0 Å². The highest BCUT2D eigenvalue weighted by Gasteiger charge is 2.00. The Kier molecular flexibility index (Phi) is 7.69. The molecule has 0 aliphatic rings. The highest BCUT2D eigenvalue weighted by molar-refractivity contribution is 5.75. The summed E-state index contributed by atoms with van der Waals surface area (Å²) in [6, 6.07) is 0. The van der Waals surface area contributed by atoms with Crippen LogP contribution in [-0.2, 0) is 9.53 Å². The van der Waals surface area contributed by atoms with Gasteiger partial charge in [-0.2, -0.15) is 0 Å². The fourth-order valence-corrected chi connectivity index (χ4v) is 0.966. The van der Waals surface area contributed by atoms with Crippen LogP contribution in [0.5, 0.6) is 0 Å². The van der Waals surface area contributed by atoms with E-state index in [1.165, 1.54) is 0 Å². The Morgan fingerprint density at radius 2 is 2.15 bits per heavy atom. The lowest BCUT2D eigenvalue weighted by Gasteiger charge is -2.06. The molecular formula is C10H21NO2. The number of carbonyl (C=O) groups excluding carboxylic acids is 1. The van der Waals surface area contributed by atoms with Gasteiger partial charge in [0.2, 0.25) is 5.91 Å². The first kappa shape index (κ1) is 12.4. The lowest BCUT2D eigenvalue weighted by molar-refractivity contribution is -0.121. The van der Waals surface area contributed by atoms with Crippen LogP contribution in [0.1, 0.15) is 33.1 Å². The molecule has 0 aromatic carbocycles. The minimum absolute atomic E-state index is 0.137. The molecule has 0 bridgehead atoms. The molecule has 0 rings (SSSR count). The van der Waals surface area contributed by atoms with Crippen molar-refractivity contribution in [2.45, 2.75) is 33.1 Å². The molecule has 0 atom stereocenters. The van der Waals surface area contributed by atoms with Crippen molar-refractivity contribution in [2.24, 2.45) is 5.92 Å². The normalized spacial score (nSPS) is 10.5. The topological polar surface area (TPSA) is 38.3 Å². The van der Waals surface area contributed by atoms with Crippen LogP contribution in [0, 0.1) is 5.92 Å². The summed E-state index contributed by atoms with van der Waals surface area (Å²) < 4.78 is 4.85. The van der Waals surface area contributed by atoms with Gasteiger partial charge < -0.3 is 10.1 Å². The number of rotatable bonds is 7. The summed E-state index contributed by atoms with van der Waals surface area (Å²) in [7, 11) is 1.65. The molecule has 0 radical (unpaired) electrons. The molecule has 0 aliphatic heterocycles. The third-order valence-corrected chi connectivity index (χ3v) is 1.80. The maximum absolute atomic E-state index is 11.1. The molecule has 3 heteroatoms. The van der Waals surface area contributed by atoms with Crippen LogP contribution in [0.15, 0.2) is 0 Å². The molecule has 0 saturated carbocycles. The Morgan fingerprint density at radius 1 is 1.46 bits per heavy atom. The number of nitrogens with one attached hydrogen (secondary N) is 1. The summed E-state index contributed by atoms with van der Waals surface area (Å²) in [5, 5.41) is 2.88. The van der Waals surface area contributed by atoms with Gasteiger partial charge in [0.1, 0.15) is 0 Å². The molecule has 78 valence electrons. The van der Waals surface area contributed by atoms with Gasteiger partial charge in [0.25, 0.3) is 0 Å². The van der Waals surface area contributed by atoms with Crippen molar-refractivity contribution in [1.29, 1.82) is 0 Å². The quantitative estimate of drug-likeness (QED) is 0.614. The van der Waals surface area contributed by atoms with Crippen LogP contribution < -0.4 is 5.32 Å². The van der Waals surface area contributed by atoms with Gasteiger partial charge in [0.05, 0.1) is 0 Å². The number of methoxy groups -OCH3 is 1. The van der Waals surface area contributed by atoms with E-state index in [-0.39, 0.29) is 5.91 Å². The Morgan fingerprint density at radius 3 is 2.69 bits per heavy atom. The largest absolute Gasteiger partial charge is 0.385 e. The molecule has 0 aliphatic carbocycles. The first-order chi connectivity index (χ1) is 6.16. The fourth-order valence-electron chi connectivity index (χ4n) is 0.966. The van der Waals surface area contributed by atoms with Gasteiger partial charge in [0.15, 0.2) is 0 Å². The van der Waals surface area contributed by atoms with E-state index in [2.05, 4.69) is 19.2 Å². The summed E-state index contributed by atoms with van der Waals surface area (Å²) >= 11 is 0. The van der Waals surface area contributed by atoms with Gasteiger partial charge in [0, 0.05) is 26.7 Å². The second kappa shape index (κ2) is 8.05. The minimum Gasteiger partial charge on any atom is -0.385 e. The van der Waals surface area contributed by atoms with Crippen molar-refractivity contribution in [2.75, 3.05) is 20.3 Å². The van der Waals surface area contributed by atoms with Gasteiger partial charge in [-0.25, -0.2) is 0 Å². The molecule has 1 N–H and O–H groups in total. The van der Waals surface area contributed by atoms with Gasteiger partial charge in [-0.05, 0) is 18.8 Å². The standard InChI is InChI=1S/C10H21NO2/c1-9(2)6-7-11-10(12)5-4-8-13-3/h9H,4-8H2,1-3H3,(H,11,12). The molecule has 0 heterocycles. The van der Waals surface area contributed by atoms with Gasteiger partial charge in [-0.3, -0.25) is 4.79 Å². The number of hydrogen-bond acceptors (Lipinski definition) is 2. The summed E-state index contributed by atoms with van der Waals surface area (Å²) in [5.74, 6) is 0.789. The second-order valence-corrected chi connectivity index (χ2v) is 3.63. The van der Waals surface area contributed by atoms with Crippen molar-refractivity contribution in [3.05, 3.63) is 0 Å². The third kappa shape index (κ3) is 9.34. The van der Waals surface area contributed by atoms with Crippen molar-refractivity contribution < 1.29 is 9.53 Å². The lowest BCUT2D eigenvalue weighted by Crippen LogP contribution is -2.25. The maximum atomic E-state index is 11.1. The van der Waals surface area contributed by atoms with Crippen LogP contribution in [0.4, 0.5) is 0 Å². The van der Waals surface area contributed by atoms with Crippen LogP contribution in [0.2, 0.25) is 0 Å². The molecule has 0 fully saturated rings. The van der Waals surface area contributed by atoms with E-state index in [1.54, 1.807) is 7.11 Å². The van der Waals surface area contributed by atoms with Crippen molar-refractivity contribution in [3.63, 3.8) is 0 Å². The molecule has 1 amide bonds. The van der Waals surface area contributed by atoms with Crippen molar-refractivity contribution in [1.82, 2.24) is 5.32 Å². The number of amides is 1. The predicted octanol–water partition coefficient (Wildman–Crippen LogP) is 1.58. The van der Waals surface area contributed by atoms with E-state index >= 15 is 0 Å². The van der Waals surface area contributed by atoms with Crippen molar-refractivity contribution in [3.8, 4) is 0 Å². The van der Waals surface area contributed by atoms with Crippen LogP contribution in [0.3, 0.4) is 0 Å².